The number of aliphatic carboxylic acids is 1. The Kier molecular flexibility index (Phi) is 4.76. The number of ether oxygens (including phenoxy) is 1. The number of hydrogen-bond acceptors (Lipinski definition) is 4. The molecule has 0 bridgehead atoms. The van der Waals surface area contributed by atoms with Crippen LogP contribution in [0.2, 0.25) is 0 Å². The Hall–Kier alpha value is -1.14. The predicted octanol–water partition coefficient (Wildman–Crippen LogP) is 0.0766. The molecule has 0 aromatic rings. The number of hydrogen-bond donors (Lipinski definition) is 2. The molecule has 2 N–H and O–H groups in total. The average Bonchev–Trinajstić information content (AvgIpc) is 3.04. The highest BCUT2D eigenvalue weighted by molar-refractivity contribution is 5.76. The third-order valence-electron chi connectivity index (χ3n) is 3.81. The third-order valence-corrected chi connectivity index (χ3v) is 3.81. The standard InChI is InChI=1S/C13H22N2O4/c1-2-15(6-5-12(16)14-9-3-4-9)11-8-19-7-10(11)13(17)18/h9-11H,2-8H2,1H3,(H,14,16)(H,17,18). The van der Waals surface area contributed by atoms with E-state index in [0.29, 0.717) is 25.6 Å². The predicted molar refractivity (Wildman–Crippen MR) is 68.8 cm³/mol. The molecule has 2 aliphatic rings. The zero-order valence-corrected chi connectivity index (χ0v) is 11.3. The van der Waals surface area contributed by atoms with Gasteiger partial charge in [-0.15, -0.1) is 0 Å². The van der Waals surface area contributed by atoms with Gasteiger partial charge in [0.15, 0.2) is 0 Å². The van der Waals surface area contributed by atoms with Crippen LogP contribution in [0.4, 0.5) is 0 Å². The lowest BCUT2D eigenvalue weighted by molar-refractivity contribution is -0.143. The molecule has 2 atom stereocenters. The van der Waals surface area contributed by atoms with E-state index in [9.17, 15) is 9.59 Å². The Morgan fingerprint density at radius 1 is 1.37 bits per heavy atom. The summed E-state index contributed by atoms with van der Waals surface area (Å²) in [5, 5.41) is 12.1. The van der Waals surface area contributed by atoms with Gasteiger partial charge in [-0.25, -0.2) is 0 Å². The van der Waals surface area contributed by atoms with E-state index in [2.05, 4.69) is 5.32 Å². The van der Waals surface area contributed by atoms with Crippen molar-refractivity contribution in [2.45, 2.75) is 38.3 Å². The van der Waals surface area contributed by atoms with Crippen molar-refractivity contribution in [1.82, 2.24) is 10.2 Å². The van der Waals surface area contributed by atoms with Crippen LogP contribution in [0.5, 0.6) is 0 Å². The highest BCUT2D eigenvalue weighted by atomic mass is 16.5. The van der Waals surface area contributed by atoms with Crippen molar-refractivity contribution in [3.8, 4) is 0 Å². The van der Waals surface area contributed by atoms with E-state index in [1.54, 1.807) is 0 Å². The number of carboxylic acid groups (broad SMARTS) is 1. The largest absolute Gasteiger partial charge is 0.481 e. The van der Waals surface area contributed by atoms with Crippen LogP contribution in [-0.2, 0) is 14.3 Å². The van der Waals surface area contributed by atoms with Crippen molar-refractivity contribution < 1.29 is 19.4 Å². The number of nitrogens with zero attached hydrogens (tertiary/aromatic N) is 1. The second kappa shape index (κ2) is 6.34. The van der Waals surface area contributed by atoms with Crippen LogP contribution >= 0.6 is 0 Å². The van der Waals surface area contributed by atoms with Crippen LogP contribution in [-0.4, -0.2) is 60.3 Å². The maximum atomic E-state index is 11.7. The minimum absolute atomic E-state index is 0.0618. The molecule has 2 rings (SSSR count). The van der Waals surface area contributed by atoms with Crippen LogP contribution < -0.4 is 5.32 Å². The van der Waals surface area contributed by atoms with Crippen molar-refractivity contribution in [2.24, 2.45) is 5.92 Å². The van der Waals surface area contributed by atoms with Gasteiger partial charge in [0, 0.05) is 25.0 Å². The van der Waals surface area contributed by atoms with Gasteiger partial charge in [-0.2, -0.15) is 0 Å². The average molecular weight is 270 g/mol. The van der Waals surface area contributed by atoms with E-state index < -0.39 is 11.9 Å². The summed E-state index contributed by atoms with van der Waals surface area (Å²) in [5.74, 6) is -1.23. The van der Waals surface area contributed by atoms with Gasteiger partial charge < -0.3 is 15.2 Å². The molecule has 0 aromatic heterocycles. The zero-order valence-electron chi connectivity index (χ0n) is 11.3. The number of carbonyl (C=O) groups excluding carboxylic acids is 1. The highest BCUT2D eigenvalue weighted by Crippen LogP contribution is 2.21. The third kappa shape index (κ3) is 3.91. The Bertz CT molecular complexity index is 344. The Balaban J connectivity index is 1.81. The molecular weight excluding hydrogens is 248 g/mol. The van der Waals surface area contributed by atoms with Crippen molar-refractivity contribution in [2.75, 3.05) is 26.3 Å². The van der Waals surface area contributed by atoms with E-state index in [-0.39, 0.29) is 18.6 Å². The van der Waals surface area contributed by atoms with E-state index in [0.717, 1.165) is 19.4 Å². The second-order valence-electron chi connectivity index (χ2n) is 5.27. The Morgan fingerprint density at radius 3 is 2.68 bits per heavy atom. The van der Waals surface area contributed by atoms with Crippen LogP contribution in [0.15, 0.2) is 0 Å². The first-order valence-electron chi connectivity index (χ1n) is 6.95. The van der Waals surface area contributed by atoms with Crippen LogP contribution in [0, 0.1) is 5.92 Å². The first kappa shape index (κ1) is 14.3. The fraction of sp³-hybridized carbons (Fsp3) is 0.846. The second-order valence-corrected chi connectivity index (χ2v) is 5.27. The molecule has 0 spiro atoms. The molecule has 1 amide bonds. The lowest BCUT2D eigenvalue weighted by Crippen LogP contribution is -2.44. The minimum atomic E-state index is -0.816. The van der Waals surface area contributed by atoms with E-state index in [4.69, 9.17) is 9.84 Å². The lowest BCUT2D eigenvalue weighted by atomic mass is 10.0. The molecule has 0 radical (unpaired) electrons. The van der Waals surface area contributed by atoms with Gasteiger partial charge in [0.2, 0.25) is 5.91 Å². The molecule has 108 valence electrons. The van der Waals surface area contributed by atoms with Crippen molar-refractivity contribution in [3.63, 3.8) is 0 Å². The molecule has 2 fully saturated rings. The summed E-state index contributed by atoms with van der Waals surface area (Å²) in [6, 6.07) is 0.264. The van der Waals surface area contributed by atoms with E-state index in [1.165, 1.54) is 0 Å². The van der Waals surface area contributed by atoms with Crippen molar-refractivity contribution in [1.29, 1.82) is 0 Å². The van der Waals surface area contributed by atoms with Crippen LogP contribution in [0.3, 0.4) is 0 Å². The molecule has 6 nitrogen and oxygen atoms in total. The summed E-state index contributed by atoms with van der Waals surface area (Å²) < 4.78 is 5.27. The molecule has 0 aromatic carbocycles. The Labute approximate surface area is 113 Å². The Morgan fingerprint density at radius 2 is 2.11 bits per heavy atom. The minimum Gasteiger partial charge on any atom is -0.481 e. The molecule has 1 heterocycles. The molecule has 6 heteroatoms. The molecule has 1 saturated carbocycles. The molecular formula is C13H22N2O4. The summed E-state index contributed by atoms with van der Waals surface area (Å²) in [6.45, 7) is 4.01. The quantitative estimate of drug-likeness (QED) is 0.685. The smallest absolute Gasteiger partial charge is 0.310 e. The van der Waals surface area contributed by atoms with E-state index in [1.807, 2.05) is 11.8 Å². The van der Waals surface area contributed by atoms with Gasteiger partial charge in [-0.3, -0.25) is 14.5 Å². The summed E-state index contributed by atoms with van der Waals surface area (Å²) in [6.07, 6.45) is 2.59. The van der Waals surface area contributed by atoms with Gasteiger partial charge >= 0.3 is 5.97 Å². The van der Waals surface area contributed by atoms with Gasteiger partial charge in [0.25, 0.3) is 0 Å². The summed E-state index contributed by atoms with van der Waals surface area (Å²) in [4.78, 5) is 24.8. The van der Waals surface area contributed by atoms with Gasteiger partial charge in [0.05, 0.1) is 19.1 Å². The van der Waals surface area contributed by atoms with Crippen molar-refractivity contribution in [3.05, 3.63) is 0 Å². The first-order valence-corrected chi connectivity index (χ1v) is 6.95. The lowest BCUT2D eigenvalue weighted by Gasteiger charge is -2.28. The fourth-order valence-electron chi connectivity index (χ4n) is 2.47. The number of likely N-dealkylation sites (N-methyl/N-ethyl adjacent to an activating group) is 1. The van der Waals surface area contributed by atoms with Gasteiger partial charge in [0.1, 0.15) is 0 Å². The SMILES string of the molecule is CCN(CCC(=O)NC1CC1)C1COCC1C(=O)O. The normalized spacial score (nSPS) is 26.6. The van der Waals surface area contributed by atoms with Gasteiger partial charge in [-0.05, 0) is 19.4 Å². The molecule has 1 aliphatic carbocycles. The number of carboxylic acids is 1. The number of rotatable bonds is 7. The molecule has 1 saturated heterocycles. The zero-order chi connectivity index (χ0) is 13.8. The molecule has 1 aliphatic heterocycles. The number of amides is 1. The van der Waals surface area contributed by atoms with Crippen LogP contribution in [0.25, 0.3) is 0 Å². The first-order chi connectivity index (χ1) is 9.11. The van der Waals surface area contributed by atoms with Gasteiger partial charge in [-0.1, -0.05) is 6.92 Å². The van der Waals surface area contributed by atoms with Crippen LogP contribution in [0.1, 0.15) is 26.2 Å². The topological polar surface area (TPSA) is 78.9 Å². The maximum absolute atomic E-state index is 11.7. The fourth-order valence-corrected chi connectivity index (χ4v) is 2.47. The summed E-state index contributed by atoms with van der Waals surface area (Å²) >= 11 is 0. The summed E-state index contributed by atoms with van der Waals surface area (Å²) in [5.41, 5.74) is 0. The maximum Gasteiger partial charge on any atom is 0.310 e. The number of nitrogens with one attached hydrogen (secondary N) is 1. The summed E-state index contributed by atoms with van der Waals surface area (Å²) in [7, 11) is 0. The van der Waals surface area contributed by atoms with Crippen molar-refractivity contribution >= 4 is 11.9 Å². The molecule has 19 heavy (non-hydrogen) atoms. The monoisotopic (exact) mass is 270 g/mol. The van der Waals surface area contributed by atoms with E-state index >= 15 is 0 Å². The number of carbonyl (C=O) groups is 2. The highest BCUT2D eigenvalue weighted by Gasteiger charge is 2.37. The molecule has 2 unspecified atom stereocenters.